The van der Waals surface area contributed by atoms with Crippen LogP contribution in [0.1, 0.15) is 5.56 Å². The lowest BCUT2D eigenvalue weighted by atomic mass is 10.2. The molecule has 16 heavy (non-hydrogen) atoms. The Balaban J connectivity index is 2.45. The minimum absolute atomic E-state index is 0.00923. The van der Waals surface area contributed by atoms with Gasteiger partial charge in [0.1, 0.15) is 6.20 Å². The van der Waals surface area contributed by atoms with Gasteiger partial charge in [-0.1, -0.05) is 0 Å². The lowest BCUT2D eigenvalue weighted by Gasteiger charge is -2.01. The molecule has 0 unspecified atom stereocenters. The molecular formula is C9H7BrN4O2. The minimum atomic E-state index is -0.453. The molecule has 0 aliphatic rings. The van der Waals surface area contributed by atoms with Crippen molar-refractivity contribution in [1.82, 2.24) is 14.8 Å². The van der Waals surface area contributed by atoms with Gasteiger partial charge in [0.25, 0.3) is 5.69 Å². The molecule has 0 amide bonds. The number of hydrogen-bond donors (Lipinski definition) is 0. The van der Waals surface area contributed by atoms with Crippen LogP contribution in [0.3, 0.4) is 0 Å². The normalized spacial score (nSPS) is 10.4. The van der Waals surface area contributed by atoms with Crippen LogP contribution in [0.25, 0.3) is 5.82 Å². The third kappa shape index (κ3) is 1.94. The Kier molecular flexibility index (Phi) is 2.69. The number of nitrogens with zero attached hydrogens (tertiary/aromatic N) is 4. The summed E-state index contributed by atoms with van der Waals surface area (Å²) in [6, 6.07) is 1.62. The minimum Gasteiger partial charge on any atom is -0.258 e. The van der Waals surface area contributed by atoms with E-state index >= 15 is 0 Å². The molecule has 0 saturated heterocycles. The van der Waals surface area contributed by atoms with Crippen molar-refractivity contribution in [1.29, 1.82) is 0 Å². The van der Waals surface area contributed by atoms with Crippen LogP contribution in [0.15, 0.2) is 29.1 Å². The summed E-state index contributed by atoms with van der Waals surface area (Å²) in [7, 11) is 0. The molecule has 0 spiro atoms. The predicted octanol–water partition coefficient (Wildman–Crippen LogP) is 2.25. The van der Waals surface area contributed by atoms with Gasteiger partial charge in [-0.15, -0.1) is 0 Å². The van der Waals surface area contributed by atoms with Crippen molar-refractivity contribution < 1.29 is 4.92 Å². The fourth-order valence-electron chi connectivity index (χ4n) is 1.28. The summed E-state index contributed by atoms with van der Waals surface area (Å²) in [5.41, 5.74) is 0.566. The van der Waals surface area contributed by atoms with Crippen molar-refractivity contribution in [2.45, 2.75) is 6.92 Å². The van der Waals surface area contributed by atoms with Gasteiger partial charge in [0, 0.05) is 11.8 Å². The molecule has 7 heteroatoms. The first-order valence-corrected chi connectivity index (χ1v) is 5.19. The second-order valence-electron chi connectivity index (χ2n) is 3.19. The quantitative estimate of drug-likeness (QED) is 0.625. The summed E-state index contributed by atoms with van der Waals surface area (Å²) < 4.78 is 2.37. The molecule has 2 aromatic rings. The van der Waals surface area contributed by atoms with Gasteiger partial charge in [-0.05, 0) is 28.9 Å². The highest BCUT2D eigenvalue weighted by molar-refractivity contribution is 9.10. The third-order valence-corrected chi connectivity index (χ3v) is 2.46. The van der Waals surface area contributed by atoms with Gasteiger partial charge in [-0.2, -0.15) is 5.10 Å². The van der Waals surface area contributed by atoms with Crippen LogP contribution in [-0.2, 0) is 0 Å². The average molecular weight is 283 g/mol. The van der Waals surface area contributed by atoms with Crippen molar-refractivity contribution in [2.24, 2.45) is 0 Å². The topological polar surface area (TPSA) is 73.8 Å². The third-order valence-electron chi connectivity index (χ3n) is 2.05. The monoisotopic (exact) mass is 282 g/mol. The number of aromatic nitrogens is 3. The number of aryl methyl sites for hydroxylation is 1. The molecule has 2 rings (SSSR count). The van der Waals surface area contributed by atoms with Gasteiger partial charge in [0.05, 0.1) is 15.6 Å². The van der Waals surface area contributed by atoms with E-state index in [-0.39, 0.29) is 5.69 Å². The molecule has 2 aromatic heterocycles. The van der Waals surface area contributed by atoms with Crippen molar-refractivity contribution in [3.05, 3.63) is 44.8 Å². The first-order valence-electron chi connectivity index (χ1n) is 4.39. The molecule has 0 fully saturated rings. The van der Waals surface area contributed by atoms with Crippen LogP contribution in [-0.4, -0.2) is 19.7 Å². The zero-order valence-electron chi connectivity index (χ0n) is 8.29. The van der Waals surface area contributed by atoms with E-state index in [1.807, 2.05) is 0 Å². The molecule has 82 valence electrons. The largest absolute Gasteiger partial charge is 0.290 e. The van der Waals surface area contributed by atoms with Gasteiger partial charge >= 0.3 is 0 Å². The van der Waals surface area contributed by atoms with E-state index in [0.717, 1.165) is 4.47 Å². The Morgan fingerprint density at radius 2 is 2.25 bits per heavy atom. The highest BCUT2D eigenvalue weighted by Gasteiger charge is 2.12. The van der Waals surface area contributed by atoms with E-state index in [1.165, 1.54) is 6.20 Å². The van der Waals surface area contributed by atoms with Gasteiger partial charge in [-0.25, -0.2) is 9.67 Å². The SMILES string of the molecule is Cc1cc(-n2cc(Br)cn2)ncc1[N+](=O)[O-]. The van der Waals surface area contributed by atoms with E-state index < -0.39 is 4.92 Å². The van der Waals surface area contributed by atoms with Crippen molar-refractivity contribution in [3.63, 3.8) is 0 Å². The molecule has 0 radical (unpaired) electrons. The maximum Gasteiger partial charge on any atom is 0.290 e. The standard InChI is InChI=1S/C9H7BrN4O2/c1-6-2-9(11-4-8(6)14(15)16)13-5-7(10)3-12-13/h2-5H,1H3. The van der Waals surface area contributed by atoms with Crippen molar-refractivity contribution >= 4 is 21.6 Å². The summed E-state index contributed by atoms with van der Waals surface area (Å²) in [5.74, 6) is 0.550. The number of halogens is 1. The lowest BCUT2D eigenvalue weighted by Crippen LogP contribution is -2.00. The molecule has 0 aliphatic heterocycles. The Labute approximate surface area is 99.2 Å². The van der Waals surface area contributed by atoms with Gasteiger partial charge < -0.3 is 0 Å². The van der Waals surface area contributed by atoms with Crippen LogP contribution in [0, 0.1) is 17.0 Å². The van der Waals surface area contributed by atoms with E-state index in [1.54, 1.807) is 30.1 Å². The summed E-state index contributed by atoms with van der Waals surface area (Å²) in [6.07, 6.45) is 4.59. The number of nitro groups is 1. The first-order chi connectivity index (χ1) is 7.58. The first kappa shape index (κ1) is 10.7. The summed E-state index contributed by atoms with van der Waals surface area (Å²) in [6.45, 7) is 1.67. The summed E-state index contributed by atoms with van der Waals surface area (Å²) in [4.78, 5) is 14.1. The molecule has 0 saturated carbocycles. The Bertz CT molecular complexity index is 552. The highest BCUT2D eigenvalue weighted by atomic mass is 79.9. The van der Waals surface area contributed by atoms with Gasteiger partial charge in [0.2, 0.25) is 0 Å². The lowest BCUT2D eigenvalue weighted by molar-refractivity contribution is -0.385. The fraction of sp³-hybridized carbons (Fsp3) is 0.111. The van der Waals surface area contributed by atoms with Crippen LogP contribution in [0.5, 0.6) is 0 Å². The second kappa shape index (κ2) is 4.01. The zero-order chi connectivity index (χ0) is 11.7. The Morgan fingerprint density at radius 1 is 1.50 bits per heavy atom. The van der Waals surface area contributed by atoms with E-state index in [9.17, 15) is 10.1 Å². The van der Waals surface area contributed by atoms with Gasteiger partial charge in [-0.3, -0.25) is 10.1 Å². The molecule has 0 atom stereocenters. The molecular weight excluding hydrogens is 276 g/mol. The van der Waals surface area contributed by atoms with E-state index in [4.69, 9.17) is 0 Å². The van der Waals surface area contributed by atoms with Crippen molar-refractivity contribution in [2.75, 3.05) is 0 Å². The molecule has 0 aromatic carbocycles. The smallest absolute Gasteiger partial charge is 0.258 e. The van der Waals surface area contributed by atoms with Crippen LogP contribution >= 0.6 is 15.9 Å². The average Bonchev–Trinajstić information content (AvgIpc) is 2.64. The van der Waals surface area contributed by atoms with Crippen LogP contribution in [0.4, 0.5) is 5.69 Å². The summed E-state index contributed by atoms with van der Waals surface area (Å²) in [5, 5.41) is 14.6. The maximum absolute atomic E-state index is 10.6. The Morgan fingerprint density at radius 3 is 2.75 bits per heavy atom. The fourth-order valence-corrected chi connectivity index (χ4v) is 1.56. The molecule has 6 nitrogen and oxygen atoms in total. The zero-order valence-corrected chi connectivity index (χ0v) is 9.88. The van der Waals surface area contributed by atoms with Crippen LogP contribution < -0.4 is 0 Å². The van der Waals surface area contributed by atoms with Crippen LogP contribution in [0.2, 0.25) is 0 Å². The van der Waals surface area contributed by atoms with Crippen molar-refractivity contribution in [3.8, 4) is 5.82 Å². The highest BCUT2D eigenvalue weighted by Crippen LogP contribution is 2.19. The maximum atomic E-state index is 10.6. The Hall–Kier alpha value is -1.76. The molecule has 0 aliphatic carbocycles. The number of rotatable bonds is 2. The van der Waals surface area contributed by atoms with Gasteiger partial charge in [0.15, 0.2) is 5.82 Å². The molecule has 0 bridgehead atoms. The number of hydrogen-bond acceptors (Lipinski definition) is 4. The molecule has 0 N–H and O–H groups in total. The van der Waals surface area contributed by atoms with E-state index in [0.29, 0.717) is 11.4 Å². The second-order valence-corrected chi connectivity index (χ2v) is 4.10. The van der Waals surface area contributed by atoms with E-state index in [2.05, 4.69) is 26.0 Å². The summed E-state index contributed by atoms with van der Waals surface area (Å²) >= 11 is 3.27. The molecule has 2 heterocycles. The number of pyridine rings is 1. The predicted molar refractivity (Wildman–Crippen MR) is 60.5 cm³/mol.